The smallest absolute Gasteiger partial charge is 0.422 e. The molecule has 2 aromatic carbocycles. The van der Waals surface area contributed by atoms with Gasteiger partial charge in [-0.05, 0) is 36.2 Å². The molecule has 0 saturated carbocycles. The third kappa shape index (κ3) is 6.91. The van der Waals surface area contributed by atoms with Crippen molar-refractivity contribution >= 4 is 17.6 Å². The number of ether oxygens (including phenoxy) is 1. The van der Waals surface area contributed by atoms with E-state index in [-0.39, 0.29) is 17.6 Å². The maximum absolute atomic E-state index is 12.2. The summed E-state index contributed by atoms with van der Waals surface area (Å²) in [4.78, 5) is 16.5. The fourth-order valence-electron chi connectivity index (χ4n) is 3.27. The summed E-state index contributed by atoms with van der Waals surface area (Å²) in [5, 5.41) is 9.33. The molecule has 1 amide bonds. The fraction of sp³-hybridized carbons (Fsp3) is 0.364. The van der Waals surface area contributed by atoms with Gasteiger partial charge in [-0.15, -0.1) is 0 Å². The third-order valence-corrected chi connectivity index (χ3v) is 4.71. The maximum Gasteiger partial charge on any atom is 0.422 e. The lowest BCUT2D eigenvalue weighted by Gasteiger charge is -2.26. The van der Waals surface area contributed by atoms with E-state index in [0.717, 1.165) is 16.8 Å². The van der Waals surface area contributed by atoms with E-state index < -0.39 is 12.8 Å². The summed E-state index contributed by atoms with van der Waals surface area (Å²) in [5.74, 6) is 0.770. The second-order valence-corrected chi connectivity index (χ2v) is 7.16. The van der Waals surface area contributed by atoms with Gasteiger partial charge in [0, 0.05) is 31.1 Å². The summed E-state index contributed by atoms with van der Waals surface area (Å²) in [5.41, 5.74) is 2.75. The number of anilines is 1. The van der Waals surface area contributed by atoms with Crippen LogP contribution in [0.15, 0.2) is 53.5 Å². The van der Waals surface area contributed by atoms with E-state index in [0.29, 0.717) is 32.0 Å². The lowest BCUT2D eigenvalue weighted by molar-refractivity contribution is -0.153. The number of aliphatic imine (C=N–C) groups is 1. The molecule has 0 saturated heterocycles. The number of nitrogens with zero attached hydrogens (tertiary/aromatic N) is 1. The Hall–Kier alpha value is -3.23. The van der Waals surface area contributed by atoms with E-state index >= 15 is 0 Å². The van der Waals surface area contributed by atoms with E-state index in [1.54, 1.807) is 12.1 Å². The average molecular weight is 434 g/mol. The van der Waals surface area contributed by atoms with Gasteiger partial charge in [0.2, 0.25) is 5.91 Å². The van der Waals surface area contributed by atoms with Crippen LogP contribution in [0.1, 0.15) is 30.4 Å². The Labute approximate surface area is 178 Å². The van der Waals surface area contributed by atoms with Gasteiger partial charge in [0.05, 0.1) is 6.54 Å². The van der Waals surface area contributed by atoms with Gasteiger partial charge in [-0.2, -0.15) is 13.2 Å². The summed E-state index contributed by atoms with van der Waals surface area (Å²) >= 11 is 0. The predicted octanol–water partition coefficient (Wildman–Crippen LogP) is 3.81. The molecule has 0 radical (unpaired) electrons. The van der Waals surface area contributed by atoms with Crippen LogP contribution in [0.5, 0.6) is 5.75 Å². The Balaban J connectivity index is 1.59. The first-order valence-electron chi connectivity index (χ1n) is 10.0. The number of benzene rings is 2. The van der Waals surface area contributed by atoms with Crippen molar-refractivity contribution in [1.29, 1.82) is 0 Å². The number of hydrogen-bond donors (Lipinski definition) is 3. The Morgan fingerprint density at radius 1 is 1.16 bits per heavy atom. The summed E-state index contributed by atoms with van der Waals surface area (Å²) in [7, 11) is 0. The topological polar surface area (TPSA) is 74.8 Å². The molecule has 0 aromatic heterocycles. The zero-order valence-corrected chi connectivity index (χ0v) is 17.1. The van der Waals surface area contributed by atoms with Crippen molar-refractivity contribution in [2.75, 3.05) is 25.0 Å². The van der Waals surface area contributed by atoms with E-state index in [2.05, 4.69) is 20.9 Å². The number of carbonyl (C=O) groups is 1. The van der Waals surface area contributed by atoms with Gasteiger partial charge in [-0.3, -0.25) is 4.79 Å². The van der Waals surface area contributed by atoms with Crippen LogP contribution in [0, 0.1) is 0 Å². The predicted molar refractivity (Wildman–Crippen MR) is 113 cm³/mol. The first kappa shape index (κ1) is 22.5. The highest BCUT2D eigenvalue weighted by Gasteiger charge is 2.28. The van der Waals surface area contributed by atoms with Crippen LogP contribution >= 0.6 is 0 Å². The lowest BCUT2D eigenvalue weighted by atomic mass is 9.90. The van der Waals surface area contributed by atoms with Gasteiger partial charge in [-0.25, -0.2) is 4.99 Å². The number of guanidine groups is 1. The van der Waals surface area contributed by atoms with Crippen LogP contribution in [0.25, 0.3) is 0 Å². The number of alkyl halides is 3. The first-order valence-corrected chi connectivity index (χ1v) is 10.0. The number of halogens is 3. The van der Waals surface area contributed by atoms with Gasteiger partial charge in [0.1, 0.15) is 5.75 Å². The average Bonchev–Trinajstić information content (AvgIpc) is 2.74. The fourth-order valence-corrected chi connectivity index (χ4v) is 3.27. The van der Waals surface area contributed by atoms with Crippen molar-refractivity contribution in [3.63, 3.8) is 0 Å². The highest BCUT2D eigenvalue weighted by atomic mass is 19.4. The van der Waals surface area contributed by atoms with Crippen molar-refractivity contribution in [3.8, 4) is 5.75 Å². The van der Waals surface area contributed by atoms with Crippen LogP contribution in [0.2, 0.25) is 0 Å². The molecule has 0 aliphatic carbocycles. The Morgan fingerprint density at radius 2 is 1.90 bits per heavy atom. The molecule has 1 atom stereocenters. The second-order valence-electron chi connectivity index (χ2n) is 7.16. The van der Waals surface area contributed by atoms with Gasteiger partial charge in [0.15, 0.2) is 12.6 Å². The molecule has 0 fully saturated rings. The van der Waals surface area contributed by atoms with Crippen LogP contribution in [0.4, 0.5) is 18.9 Å². The number of nitrogens with one attached hydrogen (secondary N) is 3. The van der Waals surface area contributed by atoms with Gasteiger partial charge < -0.3 is 20.7 Å². The first-order chi connectivity index (χ1) is 14.8. The summed E-state index contributed by atoms with van der Waals surface area (Å²) in [6.45, 7) is 2.18. The summed E-state index contributed by atoms with van der Waals surface area (Å²) in [6, 6.07) is 14.1. The minimum absolute atomic E-state index is 0.0136. The number of rotatable bonds is 7. The van der Waals surface area contributed by atoms with E-state index in [1.807, 2.05) is 31.2 Å². The third-order valence-electron chi connectivity index (χ3n) is 4.71. The molecule has 1 heterocycles. The molecule has 9 heteroatoms. The second kappa shape index (κ2) is 10.2. The quantitative estimate of drug-likeness (QED) is 0.458. The normalized spacial score (nSPS) is 16.3. The summed E-state index contributed by atoms with van der Waals surface area (Å²) in [6.07, 6.45) is -3.97. The van der Waals surface area contributed by atoms with Crippen LogP contribution < -0.4 is 20.7 Å². The molecule has 1 aliphatic rings. The van der Waals surface area contributed by atoms with E-state index in [4.69, 9.17) is 4.74 Å². The molecule has 166 valence electrons. The van der Waals surface area contributed by atoms with Gasteiger partial charge in [-0.1, -0.05) is 30.3 Å². The molecular weight excluding hydrogens is 409 g/mol. The van der Waals surface area contributed by atoms with Crippen LogP contribution in [0.3, 0.4) is 0 Å². The molecule has 3 N–H and O–H groups in total. The summed E-state index contributed by atoms with van der Waals surface area (Å²) < 4.78 is 41.4. The molecule has 0 spiro atoms. The molecule has 1 aliphatic heterocycles. The Morgan fingerprint density at radius 3 is 2.61 bits per heavy atom. The van der Waals surface area contributed by atoms with Crippen LogP contribution in [-0.4, -0.2) is 37.7 Å². The number of amides is 1. The molecular formula is C22H25F3N4O2. The maximum atomic E-state index is 12.2. The monoisotopic (exact) mass is 434 g/mol. The minimum atomic E-state index is -4.37. The molecule has 1 unspecified atom stereocenters. The zero-order chi connectivity index (χ0) is 22.3. The molecule has 31 heavy (non-hydrogen) atoms. The number of carbonyl (C=O) groups excluding carboxylic acids is 1. The SMILES string of the molecule is CCNC(=NCc1ccc(OCC(F)(F)F)cc1)NCC1CC(=O)Nc2ccccc21. The van der Waals surface area contributed by atoms with Crippen LogP contribution in [-0.2, 0) is 11.3 Å². The van der Waals surface area contributed by atoms with E-state index in [1.165, 1.54) is 12.1 Å². The highest BCUT2D eigenvalue weighted by Crippen LogP contribution is 2.31. The number of para-hydroxylation sites is 1. The Kier molecular flexibility index (Phi) is 7.38. The molecule has 3 rings (SSSR count). The van der Waals surface area contributed by atoms with Crippen molar-refractivity contribution in [3.05, 3.63) is 59.7 Å². The zero-order valence-electron chi connectivity index (χ0n) is 17.1. The van der Waals surface area contributed by atoms with Crippen molar-refractivity contribution in [2.24, 2.45) is 4.99 Å². The number of hydrogen-bond acceptors (Lipinski definition) is 3. The van der Waals surface area contributed by atoms with Crippen molar-refractivity contribution < 1.29 is 22.7 Å². The molecule has 0 bridgehead atoms. The van der Waals surface area contributed by atoms with E-state index in [9.17, 15) is 18.0 Å². The van der Waals surface area contributed by atoms with Crippen molar-refractivity contribution in [2.45, 2.75) is 32.0 Å². The molecule has 6 nitrogen and oxygen atoms in total. The lowest BCUT2D eigenvalue weighted by Crippen LogP contribution is -2.40. The molecule has 2 aromatic rings. The largest absolute Gasteiger partial charge is 0.484 e. The minimum Gasteiger partial charge on any atom is -0.484 e. The number of fused-ring (bicyclic) bond motifs is 1. The van der Waals surface area contributed by atoms with Crippen molar-refractivity contribution in [1.82, 2.24) is 10.6 Å². The van der Waals surface area contributed by atoms with Gasteiger partial charge >= 0.3 is 6.18 Å². The standard InChI is InChI=1S/C22H25F3N4O2/c1-2-26-21(27-12-15-7-9-17(10-8-15)31-14-22(23,24)25)28-13-16-11-20(30)29-19-6-4-3-5-18(16)19/h3-10,16H,2,11-14H2,1H3,(H,29,30)(H2,26,27,28). The Bertz CT molecular complexity index is 914. The van der Waals surface area contributed by atoms with Gasteiger partial charge in [0.25, 0.3) is 0 Å². The highest BCUT2D eigenvalue weighted by molar-refractivity contribution is 5.94.